The number of rotatable bonds is 6. The number of likely N-dealkylation sites (N-methyl/N-ethyl adjacent to an activating group) is 1. The van der Waals surface area contributed by atoms with Crippen LogP contribution in [0.3, 0.4) is 0 Å². The van der Waals surface area contributed by atoms with E-state index in [2.05, 4.69) is 4.72 Å². The summed E-state index contributed by atoms with van der Waals surface area (Å²) in [5.41, 5.74) is 0.565. The van der Waals surface area contributed by atoms with Crippen LogP contribution in [0.2, 0.25) is 0 Å². The summed E-state index contributed by atoms with van der Waals surface area (Å²) in [7, 11) is 1.95. The van der Waals surface area contributed by atoms with Gasteiger partial charge >= 0.3 is 0 Å². The molecule has 1 aromatic heterocycles. The van der Waals surface area contributed by atoms with Crippen LogP contribution in [0.5, 0.6) is 0 Å². The van der Waals surface area contributed by atoms with Crippen molar-refractivity contribution in [3.63, 3.8) is 0 Å². The third-order valence-corrected chi connectivity index (χ3v) is 4.11. The highest BCUT2D eigenvalue weighted by molar-refractivity contribution is 7.89. The molecule has 104 valence electrons. The normalized spacial score (nSPS) is 14.1. The quantitative estimate of drug-likeness (QED) is 0.750. The number of aliphatic hydroxyl groups excluding tert-OH is 1. The minimum Gasteiger partial charge on any atom is -0.390 e. The Kier molecular flexibility index (Phi) is 4.92. The SMILES string of the molecule is CC(CN(C)C)NS(=O)(=O)c1cc(CO)n(C)c1. The van der Waals surface area contributed by atoms with Gasteiger partial charge in [-0.3, -0.25) is 0 Å². The van der Waals surface area contributed by atoms with Gasteiger partial charge in [0.1, 0.15) is 0 Å². The largest absolute Gasteiger partial charge is 0.390 e. The van der Waals surface area contributed by atoms with Crippen molar-refractivity contribution in [3.8, 4) is 0 Å². The Bertz CT molecular complexity index is 494. The lowest BCUT2D eigenvalue weighted by Gasteiger charge is -2.17. The second-order valence-electron chi connectivity index (χ2n) is 4.72. The molecule has 0 fully saturated rings. The van der Waals surface area contributed by atoms with Crippen molar-refractivity contribution in [1.82, 2.24) is 14.2 Å². The molecule has 0 saturated carbocycles. The van der Waals surface area contributed by atoms with Crippen LogP contribution in [0.25, 0.3) is 0 Å². The summed E-state index contributed by atoms with van der Waals surface area (Å²) in [5.74, 6) is 0. The monoisotopic (exact) mass is 275 g/mol. The Morgan fingerprint density at radius 3 is 2.56 bits per heavy atom. The first-order valence-corrected chi connectivity index (χ1v) is 7.17. The topological polar surface area (TPSA) is 74.6 Å². The summed E-state index contributed by atoms with van der Waals surface area (Å²) < 4.78 is 28.4. The van der Waals surface area contributed by atoms with E-state index in [0.29, 0.717) is 12.2 Å². The van der Waals surface area contributed by atoms with Crippen LogP contribution in [0.15, 0.2) is 17.2 Å². The first-order chi connectivity index (χ1) is 8.26. The molecule has 1 heterocycles. The molecule has 1 unspecified atom stereocenters. The Hall–Kier alpha value is -0.890. The third kappa shape index (κ3) is 3.81. The molecule has 0 bridgehead atoms. The summed E-state index contributed by atoms with van der Waals surface area (Å²) in [6.45, 7) is 2.26. The van der Waals surface area contributed by atoms with E-state index in [-0.39, 0.29) is 17.5 Å². The highest BCUT2D eigenvalue weighted by Gasteiger charge is 2.20. The van der Waals surface area contributed by atoms with Gasteiger partial charge in [-0.15, -0.1) is 0 Å². The van der Waals surface area contributed by atoms with E-state index in [9.17, 15) is 8.42 Å². The van der Waals surface area contributed by atoms with Crippen molar-refractivity contribution in [2.75, 3.05) is 20.6 Å². The van der Waals surface area contributed by atoms with E-state index in [1.54, 1.807) is 11.6 Å². The number of hydrogen-bond donors (Lipinski definition) is 2. The summed E-state index contributed by atoms with van der Waals surface area (Å²) in [6.07, 6.45) is 1.50. The molecular weight excluding hydrogens is 254 g/mol. The Morgan fingerprint density at radius 1 is 1.50 bits per heavy atom. The van der Waals surface area contributed by atoms with Gasteiger partial charge in [-0.05, 0) is 27.1 Å². The molecule has 7 heteroatoms. The highest BCUT2D eigenvalue weighted by Crippen LogP contribution is 2.13. The molecule has 0 spiro atoms. The number of sulfonamides is 1. The van der Waals surface area contributed by atoms with Gasteiger partial charge in [-0.1, -0.05) is 0 Å². The van der Waals surface area contributed by atoms with Gasteiger partial charge in [-0.2, -0.15) is 0 Å². The number of aryl methyl sites for hydroxylation is 1. The molecule has 2 N–H and O–H groups in total. The average Bonchev–Trinajstić information content (AvgIpc) is 2.57. The van der Waals surface area contributed by atoms with E-state index >= 15 is 0 Å². The van der Waals surface area contributed by atoms with Gasteiger partial charge in [0.05, 0.1) is 11.5 Å². The number of aliphatic hydroxyl groups is 1. The number of nitrogens with one attached hydrogen (secondary N) is 1. The lowest BCUT2D eigenvalue weighted by Crippen LogP contribution is -2.39. The fourth-order valence-corrected chi connectivity index (χ4v) is 3.13. The molecule has 0 radical (unpaired) electrons. The summed E-state index contributed by atoms with van der Waals surface area (Å²) in [4.78, 5) is 2.09. The van der Waals surface area contributed by atoms with Crippen molar-refractivity contribution in [1.29, 1.82) is 0 Å². The zero-order valence-electron chi connectivity index (χ0n) is 11.2. The van der Waals surface area contributed by atoms with Crippen molar-refractivity contribution in [2.24, 2.45) is 7.05 Å². The molecule has 0 aliphatic heterocycles. The number of hydrogen-bond acceptors (Lipinski definition) is 4. The van der Waals surface area contributed by atoms with Crippen LogP contribution in [0.4, 0.5) is 0 Å². The van der Waals surface area contributed by atoms with Gasteiger partial charge in [0.25, 0.3) is 0 Å². The number of aromatic nitrogens is 1. The predicted octanol–water partition coefficient (Wildman–Crippen LogP) is -0.254. The second kappa shape index (κ2) is 5.83. The van der Waals surface area contributed by atoms with Crippen molar-refractivity contribution < 1.29 is 13.5 Å². The average molecular weight is 275 g/mol. The van der Waals surface area contributed by atoms with E-state index in [4.69, 9.17) is 5.11 Å². The molecular formula is C11H21N3O3S. The molecule has 0 aliphatic carbocycles. The molecule has 0 aromatic carbocycles. The molecule has 1 aromatic rings. The molecule has 1 rings (SSSR count). The molecule has 0 amide bonds. The minimum atomic E-state index is -3.53. The first-order valence-electron chi connectivity index (χ1n) is 5.69. The lowest BCUT2D eigenvalue weighted by molar-refractivity contribution is 0.272. The third-order valence-electron chi connectivity index (χ3n) is 2.55. The molecule has 1 atom stereocenters. The van der Waals surface area contributed by atoms with E-state index in [1.165, 1.54) is 12.3 Å². The van der Waals surface area contributed by atoms with Crippen molar-refractivity contribution in [3.05, 3.63) is 18.0 Å². The molecule has 6 nitrogen and oxygen atoms in total. The molecule has 0 saturated heterocycles. The zero-order chi connectivity index (χ0) is 13.9. The van der Waals surface area contributed by atoms with Gasteiger partial charge in [0, 0.05) is 31.5 Å². The molecule has 18 heavy (non-hydrogen) atoms. The first kappa shape index (κ1) is 15.2. The maximum atomic E-state index is 12.1. The number of nitrogens with zero attached hydrogens (tertiary/aromatic N) is 2. The Labute approximate surface area is 108 Å². The summed E-state index contributed by atoms with van der Waals surface area (Å²) in [5, 5.41) is 9.06. The minimum absolute atomic E-state index is 0.178. The summed E-state index contributed by atoms with van der Waals surface area (Å²) in [6, 6.07) is 1.30. The summed E-state index contributed by atoms with van der Waals surface area (Å²) >= 11 is 0. The smallest absolute Gasteiger partial charge is 0.242 e. The van der Waals surface area contributed by atoms with E-state index < -0.39 is 10.0 Å². The Morgan fingerprint density at radius 2 is 2.11 bits per heavy atom. The van der Waals surface area contributed by atoms with Gasteiger partial charge in [0.2, 0.25) is 10.0 Å². The fourth-order valence-electron chi connectivity index (χ4n) is 1.80. The van der Waals surface area contributed by atoms with Crippen LogP contribution in [0, 0.1) is 0 Å². The van der Waals surface area contributed by atoms with Gasteiger partial charge in [0.15, 0.2) is 0 Å². The van der Waals surface area contributed by atoms with Crippen molar-refractivity contribution in [2.45, 2.75) is 24.5 Å². The van der Waals surface area contributed by atoms with Crippen LogP contribution in [-0.2, 0) is 23.7 Å². The van der Waals surface area contributed by atoms with E-state index in [0.717, 1.165) is 0 Å². The van der Waals surface area contributed by atoms with Gasteiger partial charge in [-0.25, -0.2) is 13.1 Å². The Balaban J connectivity index is 2.86. The van der Waals surface area contributed by atoms with Crippen LogP contribution >= 0.6 is 0 Å². The maximum Gasteiger partial charge on any atom is 0.242 e. The predicted molar refractivity (Wildman–Crippen MR) is 69.7 cm³/mol. The standard InChI is InChI=1S/C11H21N3O3S/c1-9(6-13(2)3)12-18(16,17)11-5-10(8-15)14(4)7-11/h5,7,9,12,15H,6,8H2,1-4H3. The highest BCUT2D eigenvalue weighted by atomic mass is 32.2. The van der Waals surface area contributed by atoms with Crippen LogP contribution in [0.1, 0.15) is 12.6 Å². The maximum absolute atomic E-state index is 12.1. The molecule has 0 aliphatic rings. The zero-order valence-corrected chi connectivity index (χ0v) is 12.0. The van der Waals surface area contributed by atoms with Gasteiger partial charge < -0.3 is 14.6 Å². The van der Waals surface area contributed by atoms with E-state index in [1.807, 2.05) is 25.9 Å². The van der Waals surface area contributed by atoms with Crippen LogP contribution < -0.4 is 4.72 Å². The van der Waals surface area contributed by atoms with Crippen LogP contribution in [-0.4, -0.2) is 49.7 Å². The van der Waals surface area contributed by atoms with Crippen molar-refractivity contribution >= 4 is 10.0 Å². The lowest BCUT2D eigenvalue weighted by atomic mass is 10.3. The second-order valence-corrected chi connectivity index (χ2v) is 6.43. The fraction of sp³-hybridized carbons (Fsp3) is 0.636.